The third-order valence-corrected chi connectivity index (χ3v) is 11.4. The predicted octanol–water partition coefficient (Wildman–Crippen LogP) is 9.22. The van der Waals surface area contributed by atoms with Crippen molar-refractivity contribution in [1.82, 2.24) is 19.6 Å². The number of halogens is 3. The van der Waals surface area contributed by atoms with Gasteiger partial charge in [-0.1, -0.05) is 36.4 Å². The zero-order chi connectivity index (χ0) is 34.2. The summed E-state index contributed by atoms with van der Waals surface area (Å²) in [6.45, 7) is 9.51. The first-order valence-electron chi connectivity index (χ1n) is 16.0. The number of Topliss-reactive ketones (excluding diaryl/α,β-unsaturated/α-hetero) is 1. The van der Waals surface area contributed by atoms with Gasteiger partial charge in [0.05, 0.1) is 11.4 Å². The molecule has 0 saturated carbocycles. The molecule has 0 radical (unpaired) electrons. The van der Waals surface area contributed by atoms with Crippen molar-refractivity contribution in [3.63, 3.8) is 0 Å². The van der Waals surface area contributed by atoms with Crippen LogP contribution in [0.3, 0.4) is 0 Å². The third-order valence-electron chi connectivity index (χ3n) is 9.20. The molecule has 1 N–H and O–H groups in total. The fraction of sp³-hybridized carbons (Fsp3) is 0.289. The van der Waals surface area contributed by atoms with Crippen molar-refractivity contribution < 1.29 is 14.6 Å². The van der Waals surface area contributed by atoms with Crippen LogP contribution in [0, 0.1) is 30.5 Å². The summed E-state index contributed by atoms with van der Waals surface area (Å²) in [7, 11) is 0. The molecule has 0 spiro atoms. The highest BCUT2D eigenvalue weighted by Crippen LogP contribution is 2.55. The molecule has 3 heterocycles. The van der Waals surface area contributed by atoms with E-state index in [0.717, 1.165) is 38.8 Å². The number of carbonyl (C=O) groups is 1. The van der Waals surface area contributed by atoms with E-state index in [1.807, 2.05) is 102 Å². The smallest absolute Gasteiger partial charge is 0.239 e. The normalized spacial score (nSPS) is 19.9. The van der Waals surface area contributed by atoms with Gasteiger partial charge in [-0.2, -0.15) is 10.2 Å². The zero-order valence-electron chi connectivity index (χ0n) is 27.2. The van der Waals surface area contributed by atoms with Crippen LogP contribution in [0.2, 0.25) is 0 Å². The van der Waals surface area contributed by atoms with Crippen LogP contribution in [0.5, 0.6) is 0 Å². The third kappa shape index (κ3) is 7.17. The van der Waals surface area contributed by atoms with Gasteiger partial charge in [-0.3, -0.25) is 14.2 Å². The molecular formula is C38H37I3N4O3. The monoisotopic (exact) mass is 978 g/mol. The molecule has 0 fully saturated rings. The molecule has 0 aliphatic carbocycles. The van der Waals surface area contributed by atoms with Crippen molar-refractivity contribution in [1.29, 1.82) is 0 Å². The second kappa shape index (κ2) is 14.7. The fourth-order valence-corrected chi connectivity index (χ4v) is 7.84. The van der Waals surface area contributed by atoms with E-state index in [0.29, 0.717) is 30.0 Å². The van der Waals surface area contributed by atoms with E-state index in [1.165, 1.54) is 0 Å². The minimum atomic E-state index is -1.82. The summed E-state index contributed by atoms with van der Waals surface area (Å²) in [6, 6.07) is 23.6. The molecule has 4 unspecified atom stereocenters. The number of aryl methyl sites for hydroxylation is 4. The summed E-state index contributed by atoms with van der Waals surface area (Å²) in [5, 5.41) is 23.0. The van der Waals surface area contributed by atoms with Crippen LogP contribution in [0.15, 0.2) is 91.3 Å². The van der Waals surface area contributed by atoms with Gasteiger partial charge in [0.25, 0.3) is 0 Å². The van der Waals surface area contributed by atoms with Gasteiger partial charge >= 0.3 is 0 Å². The number of nitrogens with zero attached hydrogens (tertiary/aromatic N) is 4. The minimum Gasteiger partial charge on any atom is -0.458 e. The molecule has 0 bridgehead atoms. The van der Waals surface area contributed by atoms with Gasteiger partial charge in [0.1, 0.15) is 5.76 Å². The summed E-state index contributed by atoms with van der Waals surface area (Å²) in [6.07, 6.45) is 6.39. The van der Waals surface area contributed by atoms with Gasteiger partial charge in [0, 0.05) is 82.6 Å². The highest BCUT2D eigenvalue weighted by molar-refractivity contribution is 14.1. The second-order valence-corrected chi connectivity index (χ2v) is 15.9. The van der Waals surface area contributed by atoms with E-state index < -0.39 is 17.6 Å². The van der Waals surface area contributed by atoms with E-state index >= 15 is 0 Å². The van der Waals surface area contributed by atoms with Gasteiger partial charge in [-0.05, 0) is 144 Å². The maximum absolute atomic E-state index is 14.3. The van der Waals surface area contributed by atoms with Crippen molar-refractivity contribution in [2.24, 2.45) is 5.92 Å². The van der Waals surface area contributed by atoms with Crippen molar-refractivity contribution in [2.45, 2.75) is 64.8 Å². The zero-order valence-corrected chi connectivity index (χ0v) is 33.7. The second-order valence-electron chi connectivity index (χ2n) is 12.2. The van der Waals surface area contributed by atoms with Crippen LogP contribution < -0.4 is 0 Å². The Bertz CT molecular complexity index is 1950. The highest BCUT2D eigenvalue weighted by Gasteiger charge is 2.54. The van der Waals surface area contributed by atoms with Gasteiger partial charge in [0.2, 0.25) is 5.79 Å². The molecule has 1 aliphatic rings. The Kier molecular flexibility index (Phi) is 10.8. The van der Waals surface area contributed by atoms with E-state index in [2.05, 4.69) is 93.9 Å². The van der Waals surface area contributed by atoms with Gasteiger partial charge in [-0.25, -0.2) is 0 Å². The standard InChI is InChI=1S/C38H37I3N4O3/c1-5-44-21-33(23(3)42-44)31(19-35(46)25-7-13-28(39)14-8-25)37-32(34-22-45(6-2)43-24(34)4)20-36(26-9-15-29(40)16-10-26)48-38(37,47)27-11-17-30(41)18-12-27/h7-18,20-22,31-32,37,47H,5-6,19H2,1-4H3. The average molecular weight is 978 g/mol. The molecule has 1 aliphatic heterocycles. The topological polar surface area (TPSA) is 82.2 Å². The molecule has 2 aromatic heterocycles. The molecule has 3 aromatic carbocycles. The molecular weight excluding hydrogens is 941 g/mol. The fourth-order valence-electron chi connectivity index (χ4n) is 6.76. The van der Waals surface area contributed by atoms with Crippen LogP contribution in [0.1, 0.15) is 76.1 Å². The van der Waals surface area contributed by atoms with E-state index in [-0.39, 0.29) is 18.1 Å². The molecule has 0 saturated heterocycles. The van der Waals surface area contributed by atoms with Gasteiger partial charge in [-0.15, -0.1) is 0 Å². The molecule has 7 nitrogen and oxygen atoms in total. The quantitative estimate of drug-likeness (QED) is 0.112. The molecule has 248 valence electrons. The number of hydrogen-bond acceptors (Lipinski definition) is 5. The van der Waals surface area contributed by atoms with Crippen molar-refractivity contribution in [3.05, 3.63) is 141 Å². The van der Waals surface area contributed by atoms with Crippen molar-refractivity contribution in [2.75, 3.05) is 0 Å². The number of hydrogen-bond donors (Lipinski definition) is 1. The number of allylic oxidation sites excluding steroid dienone is 1. The summed E-state index contributed by atoms with van der Waals surface area (Å²) in [5.74, 6) is -2.69. The molecule has 5 aromatic rings. The molecule has 10 heteroatoms. The number of ether oxygens (including phenoxy) is 1. The number of benzene rings is 3. The number of ketones is 1. The Morgan fingerprint density at radius 3 is 1.94 bits per heavy atom. The predicted molar refractivity (Wildman–Crippen MR) is 214 cm³/mol. The van der Waals surface area contributed by atoms with Crippen molar-refractivity contribution >= 4 is 79.3 Å². The maximum Gasteiger partial charge on any atom is 0.239 e. The SMILES string of the molecule is CCn1cc(C2C=C(c3ccc(I)cc3)OC(O)(c3ccc(I)cc3)C2C(CC(=O)c2ccc(I)cc2)c2cn(CC)nc2C)c(C)n1. The minimum absolute atomic E-state index is 0.00264. The highest BCUT2D eigenvalue weighted by atomic mass is 127. The lowest BCUT2D eigenvalue weighted by Gasteiger charge is -2.47. The number of rotatable bonds is 10. The Morgan fingerprint density at radius 2 is 1.38 bits per heavy atom. The lowest BCUT2D eigenvalue weighted by atomic mass is 9.66. The lowest BCUT2D eigenvalue weighted by Crippen LogP contribution is -2.46. The van der Waals surface area contributed by atoms with Crippen LogP contribution in [-0.4, -0.2) is 30.5 Å². The molecule has 6 rings (SSSR count). The average Bonchev–Trinajstić information content (AvgIpc) is 3.65. The van der Waals surface area contributed by atoms with Crippen LogP contribution in [-0.2, 0) is 23.6 Å². The maximum atomic E-state index is 14.3. The first kappa shape index (κ1) is 35.3. The Balaban J connectivity index is 1.63. The van der Waals surface area contributed by atoms with Gasteiger partial charge < -0.3 is 9.84 Å². The first-order valence-corrected chi connectivity index (χ1v) is 19.3. The van der Waals surface area contributed by atoms with E-state index in [1.54, 1.807) is 0 Å². The van der Waals surface area contributed by atoms with E-state index in [9.17, 15) is 9.90 Å². The Labute approximate surface area is 322 Å². The Morgan fingerprint density at radius 1 is 0.833 bits per heavy atom. The summed E-state index contributed by atoms with van der Waals surface area (Å²) < 4.78 is 13.9. The Hall–Kier alpha value is -2.56. The van der Waals surface area contributed by atoms with Crippen molar-refractivity contribution in [3.8, 4) is 0 Å². The van der Waals surface area contributed by atoms with Crippen LogP contribution in [0.25, 0.3) is 5.76 Å². The largest absolute Gasteiger partial charge is 0.458 e. The lowest BCUT2D eigenvalue weighted by molar-refractivity contribution is -0.221. The first-order chi connectivity index (χ1) is 23.0. The molecule has 0 amide bonds. The molecule has 4 atom stereocenters. The number of aliphatic hydroxyl groups is 1. The van der Waals surface area contributed by atoms with E-state index in [4.69, 9.17) is 14.9 Å². The summed E-state index contributed by atoms with van der Waals surface area (Å²) >= 11 is 6.82. The summed E-state index contributed by atoms with van der Waals surface area (Å²) in [5.41, 5.74) is 5.74. The van der Waals surface area contributed by atoms with Crippen LogP contribution >= 0.6 is 67.8 Å². The van der Waals surface area contributed by atoms with Gasteiger partial charge in [0.15, 0.2) is 5.78 Å². The number of aromatic nitrogens is 4. The summed E-state index contributed by atoms with van der Waals surface area (Å²) in [4.78, 5) is 14.3. The molecule has 48 heavy (non-hydrogen) atoms. The number of carbonyl (C=O) groups excluding carboxylic acids is 1. The van der Waals surface area contributed by atoms with Crippen LogP contribution in [0.4, 0.5) is 0 Å².